The van der Waals surface area contributed by atoms with Gasteiger partial charge in [0.15, 0.2) is 0 Å². The van der Waals surface area contributed by atoms with Crippen molar-refractivity contribution in [1.82, 2.24) is 5.32 Å². The topological polar surface area (TPSA) is 56.0 Å². The number of aliphatic hydroxyl groups is 1. The second-order valence-electron chi connectivity index (χ2n) is 2.85. The Balaban J connectivity index is 2.57. The minimum atomic E-state index is -0.749. The van der Waals surface area contributed by atoms with Gasteiger partial charge in [0.25, 0.3) is 0 Å². The third-order valence-electron chi connectivity index (χ3n) is 2.05. The quantitative estimate of drug-likeness (QED) is 0.534. The van der Waals surface area contributed by atoms with Gasteiger partial charge in [0.05, 0.1) is 11.7 Å². The van der Waals surface area contributed by atoms with Crippen LogP contribution in [0.1, 0.15) is 12.8 Å². The van der Waals surface area contributed by atoms with Crippen LogP contribution in [0, 0.1) is 11.3 Å². The van der Waals surface area contributed by atoms with Gasteiger partial charge in [0, 0.05) is 0 Å². The summed E-state index contributed by atoms with van der Waals surface area (Å²) < 4.78 is -0.276. The monoisotopic (exact) mass is 266 g/mol. The number of halogens is 1. The number of alkyl halides is 1. The van der Waals surface area contributed by atoms with Crippen molar-refractivity contribution >= 4 is 22.6 Å². The molecule has 1 aliphatic heterocycles. The zero-order valence-electron chi connectivity index (χ0n) is 6.18. The number of piperidine rings is 1. The number of nitrogens with one attached hydrogen (secondary N) is 1. The van der Waals surface area contributed by atoms with Crippen LogP contribution in [-0.2, 0) is 0 Å². The van der Waals surface area contributed by atoms with Crippen molar-refractivity contribution in [2.24, 2.45) is 0 Å². The highest BCUT2D eigenvalue weighted by atomic mass is 127. The van der Waals surface area contributed by atoms with E-state index in [1.54, 1.807) is 0 Å². The van der Waals surface area contributed by atoms with Crippen LogP contribution >= 0.6 is 22.6 Å². The van der Waals surface area contributed by atoms with Gasteiger partial charge >= 0.3 is 0 Å². The van der Waals surface area contributed by atoms with Crippen molar-refractivity contribution in [1.29, 1.82) is 5.26 Å². The highest BCUT2D eigenvalue weighted by Crippen LogP contribution is 2.27. The molecule has 1 fully saturated rings. The van der Waals surface area contributed by atoms with Crippen LogP contribution in [0.25, 0.3) is 0 Å². The van der Waals surface area contributed by atoms with Crippen molar-refractivity contribution in [3.63, 3.8) is 0 Å². The molecule has 1 unspecified atom stereocenters. The molecule has 0 aliphatic carbocycles. The molecule has 0 saturated carbocycles. The molecule has 0 aromatic heterocycles. The largest absolute Gasteiger partial charge is 0.388 e. The van der Waals surface area contributed by atoms with E-state index >= 15 is 0 Å². The maximum atomic E-state index is 9.87. The van der Waals surface area contributed by atoms with Crippen molar-refractivity contribution in [2.45, 2.75) is 22.4 Å². The summed E-state index contributed by atoms with van der Waals surface area (Å²) in [5.41, 5.74) is -0.749. The van der Waals surface area contributed by atoms with Crippen molar-refractivity contribution in [2.75, 3.05) is 13.1 Å². The van der Waals surface area contributed by atoms with Gasteiger partial charge in [-0.3, -0.25) is 0 Å². The van der Waals surface area contributed by atoms with E-state index in [1.807, 2.05) is 22.6 Å². The second-order valence-corrected chi connectivity index (χ2v) is 4.09. The summed E-state index contributed by atoms with van der Waals surface area (Å²) in [5, 5.41) is 21.6. The number of nitriles is 1. The number of hydrogen-bond donors (Lipinski definition) is 2. The molecule has 1 rings (SSSR count). The van der Waals surface area contributed by atoms with Gasteiger partial charge in [-0.15, -0.1) is 0 Å². The molecule has 0 amide bonds. The van der Waals surface area contributed by atoms with E-state index < -0.39 is 5.60 Å². The normalized spacial score (nSPS) is 25.5. The van der Waals surface area contributed by atoms with E-state index in [-0.39, 0.29) is 3.92 Å². The first-order valence-electron chi connectivity index (χ1n) is 3.66. The lowest BCUT2D eigenvalue weighted by Gasteiger charge is -2.33. The molecule has 1 atom stereocenters. The Morgan fingerprint density at radius 2 is 2.09 bits per heavy atom. The van der Waals surface area contributed by atoms with E-state index in [0.29, 0.717) is 12.8 Å². The van der Waals surface area contributed by atoms with Crippen LogP contribution in [0.5, 0.6) is 0 Å². The molecule has 11 heavy (non-hydrogen) atoms. The summed E-state index contributed by atoms with van der Waals surface area (Å²) in [6.45, 7) is 1.63. The van der Waals surface area contributed by atoms with Crippen LogP contribution in [0.3, 0.4) is 0 Å². The molecule has 0 radical (unpaired) electrons. The standard InChI is InChI=1S/C7H11IN2O/c8-6(5-9)7(11)1-3-10-4-2-7/h6,10-11H,1-4H2. The van der Waals surface area contributed by atoms with Crippen LogP contribution < -0.4 is 5.32 Å². The smallest absolute Gasteiger partial charge is 0.126 e. The molecule has 62 valence electrons. The zero-order valence-corrected chi connectivity index (χ0v) is 8.34. The number of rotatable bonds is 1. The van der Waals surface area contributed by atoms with Gasteiger partial charge in [0.1, 0.15) is 3.92 Å². The van der Waals surface area contributed by atoms with E-state index in [0.717, 1.165) is 13.1 Å². The minimum Gasteiger partial charge on any atom is -0.388 e. The maximum Gasteiger partial charge on any atom is 0.126 e. The van der Waals surface area contributed by atoms with Crippen molar-refractivity contribution in [3.05, 3.63) is 0 Å². The highest BCUT2D eigenvalue weighted by molar-refractivity contribution is 14.1. The highest BCUT2D eigenvalue weighted by Gasteiger charge is 2.36. The van der Waals surface area contributed by atoms with E-state index in [2.05, 4.69) is 11.4 Å². The van der Waals surface area contributed by atoms with Gasteiger partial charge in [-0.2, -0.15) is 5.26 Å². The molecule has 0 aromatic carbocycles. The second kappa shape index (κ2) is 3.70. The molecule has 1 aliphatic rings. The predicted octanol–water partition coefficient (Wildman–Crippen LogP) is 0.428. The fraction of sp³-hybridized carbons (Fsp3) is 0.857. The van der Waals surface area contributed by atoms with E-state index in [1.165, 1.54) is 0 Å². The van der Waals surface area contributed by atoms with Crippen molar-refractivity contribution < 1.29 is 5.11 Å². The Morgan fingerprint density at radius 1 is 1.55 bits per heavy atom. The summed E-state index contributed by atoms with van der Waals surface area (Å²) >= 11 is 2.00. The van der Waals surface area contributed by atoms with Gasteiger partial charge in [0.2, 0.25) is 0 Å². The zero-order chi connectivity index (χ0) is 8.32. The molecular weight excluding hydrogens is 255 g/mol. The van der Waals surface area contributed by atoms with Crippen LogP contribution in [0.2, 0.25) is 0 Å². The summed E-state index contributed by atoms with van der Waals surface area (Å²) in [7, 11) is 0. The molecule has 0 aromatic rings. The van der Waals surface area contributed by atoms with Crippen molar-refractivity contribution in [3.8, 4) is 6.07 Å². The van der Waals surface area contributed by atoms with Gasteiger partial charge < -0.3 is 10.4 Å². The molecule has 0 bridgehead atoms. The Labute approximate surface area is 79.9 Å². The van der Waals surface area contributed by atoms with Crippen LogP contribution in [-0.4, -0.2) is 27.7 Å². The van der Waals surface area contributed by atoms with E-state index in [4.69, 9.17) is 5.26 Å². The van der Waals surface area contributed by atoms with Gasteiger partial charge in [-0.05, 0) is 25.9 Å². The lowest BCUT2D eigenvalue weighted by atomic mass is 9.90. The average molecular weight is 266 g/mol. The summed E-state index contributed by atoms with van der Waals surface area (Å²) in [6, 6.07) is 2.08. The molecule has 2 N–H and O–H groups in total. The summed E-state index contributed by atoms with van der Waals surface area (Å²) in [5.74, 6) is 0. The molecule has 3 nitrogen and oxygen atoms in total. The lowest BCUT2D eigenvalue weighted by molar-refractivity contribution is 0.0234. The predicted molar refractivity (Wildman–Crippen MR) is 50.5 cm³/mol. The molecule has 1 heterocycles. The third kappa shape index (κ3) is 2.04. The van der Waals surface area contributed by atoms with Crippen LogP contribution in [0.15, 0.2) is 0 Å². The van der Waals surface area contributed by atoms with Gasteiger partial charge in [-0.1, -0.05) is 22.6 Å². The Morgan fingerprint density at radius 3 is 2.55 bits per heavy atom. The Kier molecular flexibility index (Phi) is 3.10. The number of hydrogen-bond acceptors (Lipinski definition) is 3. The van der Waals surface area contributed by atoms with E-state index in [9.17, 15) is 5.11 Å². The molecule has 0 spiro atoms. The molecule has 4 heteroatoms. The van der Waals surface area contributed by atoms with Gasteiger partial charge in [-0.25, -0.2) is 0 Å². The van der Waals surface area contributed by atoms with Crippen LogP contribution in [0.4, 0.5) is 0 Å². The summed E-state index contributed by atoms with van der Waals surface area (Å²) in [6.07, 6.45) is 1.38. The lowest BCUT2D eigenvalue weighted by Crippen LogP contribution is -2.47. The summed E-state index contributed by atoms with van der Waals surface area (Å²) in [4.78, 5) is 0. The first kappa shape index (κ1) is 9.23. The maximum absolute atomic E-state index is 9.87. The Hall–Kier alpha value is 0.140. The SMILES string of the molecule is N#CC(I)C1(O)CCNCC1. The Bertz CT molecular complexity index is 172. The minimum absolute atomic E-state index is 0.276. The first-order valence-corrected chi connectivity index (χ1v) is 4.90. The average Bonchev–Trinajstić information content (AvgIpc) is 2.04. The fourth-order valence-corrected chi connectivity index (χ4v) is 1.86. The third-order valence-corrected chi connectivity index (χ3v) is 3.49. The molecule has 1 saturated heterocycles. The number of nitrogens with zero attached hydrogens (tertiary/aromatic N) is 1. The fourth-order valence-electron chi connectivity index (χ4n) is 1.23. The molecular formula is C7H11IN2O. The first-order chi connectivity index (χ1) is 5.19.